The lowest BCUT2D eigenvalue weighted by Crippen LogP contribution is -2.30. The summed E-state index contributed by atoms with van der Waals surface area (Å²) < 4.78 is 40.7. The highest BCUT2D eigenvalue weighted by molar-refractivity contribution is 5.95. The summed E-state index contributed by atoms with van der Waals surface area (Å²) in [6, 6.07) is 10.1. The number of hydrogen-bond donors (Lipinski definition) is 2. The topological polar surface area (TPSA) is 71.8 Å². The van der Waals surface area contributed by atoms with Gasteiger partial charge < -0.3 is 15.2 Å². The molecule has 0 saturated heterocycles. The molecular weight excluding hydrogens is 359 g/mol. The first kappa shape index (κ1) is 18.4. The maximum atomic E-state index is 13.0. The Labute approximate surface area is 153 Å². The van der Waals surface area contributed by atoms with Crippen molar-refractivity contribution in [2.45, 2.75) is 6.18 Å². The van der Waals surface area contributed by atoms with E-state index < -0.39 is 23.2 Å². The van der Waals surface area contributed by atoms with E-state index in [1.165, 1.54) is 18.5 Å². The molecule has 2 aromatic heterocycles. The van der Waals surface area contributed by atoms with Gasteiger partial charge in [0, 0.05) is 31.5 Å². The zero-order chi connectivity index (χ0) is 19.3. The largest absolute Gasteiger partial charge is 0.417 e. The van der Waals surface area contributed by atoms with Gasteiger partial charge in [-0.1, -0.05) is 12.1 Å². The molecule has 0 radical (unpaired) electrons. The molecule has 1 amide bonds. The fourth-order valence-corrected chi connectivity index (χ4v) is 2.46. The summed E-state index contributed by atoms with van der Waals surface area (Å²) >= 11 is 0. The Hall–Kier alpha value is -3.36. The first-order valence-electron chi connectivity index (χ1n) is 8.09. The Morgan fingerprint density at radius 3 is 2.52 bits per heavy atom. The molecule has 0 bridgehead atoms. The summed E-state index contributed by atoms with van der Waals surface area (Å²) in [6.45, 7) is 0.427. The van der Waals surface area contributed by atoms with E-state index in [-0.39, 0.29) is 6.54 Å². The van der Waals surface area contributed by atoms with Crippen LogP contribution in [0.2, 0.25) is 0 Å². The minimum absolute atomic E-state index is 0.133. The van der Waals surface area contributed by atoms with E-state index in [0.717, 1.165) is 12.1 Å². The highest BCUT2D eigenvalue weighted by Gasteiger charge is 2.34. The Kier molecular flexibility index (Phi) is 5.39. The fourth-order valence-electron chi connectivity index (χ4n) is 2.46. The summed E-state index contributed by atoms with van der Waals surface area (Å²) in [4.78, 5) is 20.3. The van der Waals surface area contributed by atoms with Crippen molar-refractivity contribution in [1.29, 1.82) is 0 Å². The van der Waals surface area contributed by atoms with E-state index in [9.17, 15) is 18.0 Å². The van der Waals surface area contributed by atoms with Crippen LogP contribution < -0.4 is 10.6 Å². The quantitative estimate of drug-likeness (QED) is 0.650. The maximum Gasteiger partial charge on any atom is 0.417 e. The maximum absolute atomic E-state index is 13.0. The van der Waals surface area contributed by atoms with Crippen LogP contribution in [0.15, 0.2) is 61.2 Å². The van der Waals surface area contributed by atoms with E-state index in [4.69, 9.17) is 0 Å². The molecule has 2 N–H and O–H groups in total. The van der Waals surface area contributed by atoms with Crippen molar-refractivity contribution in [3.63, 3.8) is 0 Å². The Morgan fingerprint density at radius 2 is 1.78 bits per heavy atom. The van der Waals surface area contributed by atoms with Crippen molar-refractivity contribution in [2.75, 3.05) is 18.4 Å². The number of carbonyl (C=O) groups excluding carboxylic acids is 1. The van der Waals surface area contributed by atoms with Gasteiger partial charge in [0.2, 0.25) is 0 Å². The average molecular weight is 375 g/mol. The van der Waals surface area contributed by atoms with Gasteiger partial charge in [-0.05, 0) is 24.3 Å². The second-order valence-electron chi connectivity index (χ2n) is 5.58. The van der Waals surface area contributed by atoms with Gasteiger partial charge in [0.25, 0.3) is 5.91 Å². The van der Waals surface area contributed by atoms with Crippen LogP contribution in [0.4, 0.5) is 19.0 Å². The van der Waals surface area contributed by atoms with Crippen molar-refractivity contribution in [3.05, 3.63) is 72.3 Å². The van der Waals surface area contributed by atoms with Crippen LogP contribution in [0.25, 0.3) is 5.82 Å². The Balaban J connectivity index is 1.55. The highest BCUT2D eigenvalue weighted by atomic mass is 19.4. The molecule has 140 valence electrons. The predicted octanol–water partition coefficient (Wildman–Crippen LogP) is 3.13. The lowest BCUT2D eigenvalue weighted by molar-refractivity contribution is -0.137. The number of benzene rings is 1. The van der Waals surface area contributed by atoms with Crippen LogP contribution >= 0.6 is 0 Å². The highest BCUT2D eigenvalue weighted by Crippen LogP contribution is 2.31. The summed E-state index contributed by atoms with van der Waals surface area (Å²) in [5, 5.41) is 5.47. The third-order valence-electron chi connectivity index (χ3n) is 3.72. The van der Waals surface area contributed by atoms with E-state index in [2.05, 4.69) is 20.6 Å². The first-order chi connectivity index (χ1) is 12.9. The molecule has 0 spiro atoms. The number of alkyl halides is 3. The van der Waals surface area contributed by atoms with Crippen LogP contribution in [-0.4, -0.2) is 33.5 Å². The van der Waals surface area contributed by atoms with Gasteiger partial charge in [-0.3, -0.25) is 4.79 Å². The number of aromatic nitrogens is 3. The van der Waals surface area contributed by atoms with Gasteiger partial charge in [0.1, 0.15) is 18.0 Å². The normalized spacial score (nSPS) is 11.2. The lowest BCUT2D eigenvalue weighted by Gasteiger charge is -2.13. The first-order valence-corrected chi connectivity index (χ1v) is 8.09. The van der Waals surface area contributed by atoms with E-state index in [1.54, 1.807) is 6.07 Å². The van der Waals surface area contributed by atoms with E-state index in [0.29, 0.717) is 18.2 Å². The van der Waals surface area contributed by atoms with Crippen molar-refractivity contribution in [3.8, 4) is 5.82 Å². The van der Waals surface area contributed by atoms with Gasteiger partial charge in [0.15, 0.2) is 0 Å². The monoisotopic (exact) mass is 375 g/mol. The van der Waals surface area contributed by atoms with Gasteiger partial charge in [-0.25, -0.2) is 9.97 Å². The molecular formula is C18H16F3N5O. The molecule has 9 heteroatoms. The van der Waals surface area contributed by atoms with Crippen molar-refractivity contribution in [1.82, 2.24) is 19.9 Å². The zero-order valence-electron chi connectivity index (χ0n) is 14.1. The standard InChI is InChI=1S/C18H16F3N5O/c19-18(20,21)14-6-2-1-5-13(14)17(27)23-8-7-22-15-11-16(25-12-24-15)26-9-3-4-10-26/h1-6,9-12H,7-8H2,(H,23,27)(H,22,24,25). The zero-order valence-corrected chi connectivity index (χ0v) is 14.1. The minimum atomic E-state index is -4.58. The van der Waals surface area contributed by atoms with Crippen LogP contribution in [0.3, 0.4) is 0 Å². The smallest absolute Gasteiger partial charge is 0.368 e. The molecule has 6 nitrogen and oxygen atoms in total. The number of rotatable bonds is 6. The molecule has 3 rings (SSSR count). The fraction of sp³-hybridized carbons (Fsp3) is 0.167. The molecule has 27 heavy (non-hydrogen) atoms. The number of halogens is 3. The summed E-state index contributed by atoms with van der Waals surface area (Å²) in [5.74, 6) is 0.430. The summed E-state index contributed by atoms with van der Waals surface area (Å²) in [5.41, 5.74) is -1.36. The second-order valence-corrected chi connectivity index (χ2v) is 5.58. The van der Waals surface area contributed by atoms with Crippen LogP contribution in [0.1, 0.15) is 15.9 Å². The number of hydrogen-bond acceptors (Lipinski definition) is 4. The van der Waals surface area contributed by atoms with Crippen LogP contribution in [-0.2, 0) is 6.18 Å². The molecule has 2 heterocycles. The Morgan fingerprint density at radius 1 is 1.04 bits per heavy atom. The lowest BCUT2D eigenvalue weighted by atomic mass is 10.1. The number of nitrogens with one attached hydrogen (secondary N) is 2. The second kappa shape index (κ2) is 7.90. The molecule has 0 atom stereocenters. The molecule has 0 saturated carbocycles. The molecule has 0 aliphatic carbocycles. The van der Waals surface area contributed by atoms with Gasteiger partial charge >= 0.3 is 6.18 Å². The average Bonchev–Trinajstić information content (AvgIpc) is 3.19. The van der Waals surface area contributed by atoms with Crippen molar-refractivity contribution in [2.24, 2.45) is 0 Å². The number of nitrogens with zero attached hydrogens (tertiary/aromatic N) is 3. The van der Waals surface area contributed by atoms with Crippen LogP contribution in [0, 0.1) is 0 Å². The molecule has 0 unspecified atom stereocenters. The molecule has 3 aromatic rings. The number of anilines is 1. The van der Waals surface area contributed by atoms with Crippen molar-refractivity contribution >= 4 is 11.7 Å². The van der Waals surface area contributed by atoms with E-state index >= 15 is 0 Å². The molecule has 0 fully saturated rings. The number of amides is 1. The Bertz CT molecular complexity index is 909. The molecule has 1 aromatic carbocycles. The van der Waals surface area contributed by atoms with Crippen molar-refractivity contribution < 1.29 is 18.0 Å². The van der Waals surface area contributed by atoms with Crippen LogP contribution in [0.5, 0.6) is 0 Å². The third-order valence-corrected chi connectivity index (χ3v) is 3.72. The van der Waals surface area contributed by atoms with Gasteiger partial charge in [0.05, 0.1) is 11.1 Å². The van der Waals surface area contributed by atoms with Gasteiger partial charge in [-0.15, -0.1) is 0 Å². The SMILES string of the molecule is O=C(NCCNc1cc(-n2cccc2)ncn1)c1ccccc1C(F)(F)F. The summed E-state index contributed by atoms with van der Waals surface area (Å²) in [7, 11) is 0. The van der Waals surface area contributed by atoms with Gasteiger partial charge in [-0.2, -0.15) is 13.2 Å². The van der Waals surface area contributed by atoms with E-state index in [1.807, 2.05) is 29.1 Å². The third kappa shape index (κ3) is 4.63. The molecule has 0 aliphatic heterocycles. The predicted molar refractivity (Wildman–Crippen MR) is 93.6 cm³/mol. The number of carbonyl (C=O) groups is 1. The minimum Gasteiger partial charge on any atom is -0.368 e. The summed E-state index contributed by atoms with van der Waals surface area (Å²) in [6.07, 6.45) is 0.493. The molecule has 0 aliphatic rings.